The molecule has 2 aromatic rings. The van der Waals surface area contributed by atoms with Crippen molar-refractivity contribution in [2.45, 2.75) is 26.0 Å². The highest BCUT2D eigenvalue weighted by molar-refractivity contribution is 9.10. The summed E-state index contributed by atoms with van der Waals surface area (Å²) in [6.07, 6.45) is 1.05. The average Bonchev–Trinajstić information content (AvgIpc) is 2.90. The van der Waals surface area contributed by atoms with E-state index in [1.54, 1.807) is 11.3 Å². The average molecular weight is 340 g/mol. The zero-order chi connectivity index (χ0) is 13.8. The molecule has 0 radical (unpaired) electrons. The minimum Gasteiger partial charge on any atom is -0.392 e. The van der Waals surface area contributed by atoms with E-state index < -0.39 is 0 Å². The summed E-state index contributed by atoms with van der Waals surface area (Å²) in [5, 5.41) is 11.3. The molecule has 1 aromatic carbocycles. The van der Waals surface area contributed by atoms with Gasteiger partial charge in [0.1, 0.15) is 0 Å². The van der Waals surface area contributed by atoms with Gasteiger partial charge in [-0.15, -0.1) is 11.3 Å². The molecule has 1 aromatic heterocycles. The normalized spacial score (nSPS) is 12.4. The van der Waals surface area contributed by atoms with Crippen molar-refractivity contribution < 1.29 is 5.11 Å². The SMILES string of the molecule is CC(Cc1cccs1)N(C)c1ccc(CO)c(Br)c1. The molecule has 1 atom stereocenters. The van der Waals surface area contributed by atoms with Crippen LogP contribution in [0.2, 0.25) is 0 Å². The summed E-state index contributed by atoms with van der Waals surface area (Å²) in [6.45, 7) is 2.29. The van der Waals surface area contributed by atoms with Crippen molar-refractivity contribution in [3.05, 3.63) is 50.6 Å². The van der Waals surface area contributed by atoms with Crippen molar-refractivity contribution in [1.82, 2.24) is 0 Å². The van der Waals surface area contributed by atoms with Crippen LogP contribution in [0.15, 0.2) is 40.2 Å². The molecular formula is C15H18BrNOS. The molecule has 4 heteroatoms. The summed E-state index contributed by atoms with van der Waals surface area (Å²) < 4.78 is 0.961. The van der Waals surface area contributed by atoms with Crippen LogP contribution >= 0.6 is 27.3 Å². The number of thiophene rings is 1. The van der Waals surface area contributed by atoms with E-state index in [-0.39, 0.29) is 6.61 Å². The number of benzene rings is 1. The number of aliphatic hydroxyl groups excluding tert-OH is 1. The van der Waals surface area contributed by atoms with E-state index in [9.17, 15) is 5.11 Å². The van der Waals surface area contributed by atoms with Crippen LogP contribution in [0.4, 0.5) is 5.69 Å². The summed E-state index contributed by atoms with van der Waals surface area (Å²) in [4.78, 5) is 3.68. The fourth-order valence-electron chi connectivity index (χ4n) is 2.00. The molecule has 19 heavy (non-hydrogen) atoms. The molecule has 1 N–H and O–H groups in total. The lowest BCUT2D eigenvalue weighted by Gasteiger charge is -2.27. The fourth-order valence-corrected chi connectivity index (χ4v) is 3.31. The van der Waals surface area contributed by atoms with Crippen LogP contribution in [-0.2, 0) is 13.0 Å². The monoisotopic (exact) mass is 339 g/mol. The van der Waals surface area contributed by atoms with E-state index in [1.165, 1.54) is 4.88 Å². The first-order chi connectivity index (χ1) is 9.11. The van der Waals surface area contributed by atoms with Crippen LogP contribution in [-0.4, -0.2) is 18.2 Å². The van der Waals surface area contributed by atoms with Gasteiger partial charge in [0, 0.05) is 34.5 Å². The molecule has 1 heterocycles. The molecular weight excluding hydrogens is 322 g/mol. The van der Waals surface area contributed by atoms with Crippen LogP contribution in [0.25, 0.3) is 0 Å². The topological polar surface area (TPSA) is 23.5 Å². The minimum atomic E-state index is 0.0648. The van der Waals surface area contributed by atoms with E-state index in [0.29, 0.717) is 6.04 Å². The van der Waals surface area contributed by atoms with Crippen LogP contribution in [0, 0.1) is 0 Å². The Labute approximate surface area is 126 Å². The Morgan fingerprint density at radius 3 is 2.74 bits per heavy atom. The first-order valence-electron chi connectivity index (χ1n) is 6.26. The zero-order valence-electron chi connectivity index (χ0n) is 11.1. The Morgan fingerprint density at radius 1 is 1.37 bits per heavy atom. The minimum absolute atomic E-state index is 0.0648. The zero-order valence-corrected chi connectivity index (χ0v) is 13.5. The second kappa shape index (κ2) is 6.55. The summed E-state index contributed by atoms with van der Waals surface area (Å²) in [6, 6.07) is 10.8. The number of rotatable bonds is 5. The Morgan fingerprint density at radius 2 is 2.16 bits per heavy atom. The molecule has 0 aliphatic heterocycles. The molecule has 0 saturated heterocycles. The molecule has 102 valence electrons. The van der Waals surface area contributed by atoms with Crippen molar-refractivity contribution in [3.8, 4) is 0 Å². The lowest BCUT2D eigenvalue weighted by atomic mass is 10.1. The highest BCUT2D eigenvalue weighted by Gasteiger charge is 2.12. The predicted molar refractivity (Wildman–Crippen MR) is 86.0 cm³/mol. The molecule has 0 saturated carbocycles. The Balaban J connectivity index is 2.10. The highest BCUT2D eigenvalue weighted by Crippen LogP contribution is 2.25. The van der Waals surface area contributed by atoms with Gasteiger partial charge in [0.25, 0.3) is 0 Å². The number of halogens is 1. The van der Waals surface area contributed by atoms with Gasteiger partial charge >= 0.3 is 0 Å². The van der Waals surface area contributed by atoms with Gasteiger partial charge in [-0.3, -0.25) is 0 Å². The van der Waals surface area contributed by atoms with E-state index in [1.807, 2.05) is 6.07 Å². The second-order valence-electron chi connectivity index (χ2n) is 4.68. The van der Waals surface area contributed by atoms with Crippen molar-refractivity contribution in [2.24, 2.45) is 0 Å². The third-order valence-electron chi connectivity index (χ3n) is 3.35. The van der Waals surface area contributed by atoms with E-state index in [4.69, 9.17) is 0 Å². The Bertz CT molecular complexity index is 527. The maximum atomic E-state index is 9.19. The van der Waals surface area contributed by atoms with Crippen LogP contribution < -0.4 is 4.90 Å². The van der Waals surface area contributed by atoms with Gasteiger partial charge in [0.2, 0.25) is 0 Å². The third-order valence-corrected chi connectivity index (χ3v) is 4.99. The lowest BCUT2D eigenvalue weighted by Crippen LogP contribution is -2.30. The van der Waals surface area contributed by atoms with Crippen molar-refractivity contribution in [2.75, 3.05) is 11.9 Å². The molecule has 0 spiro atoms. The molecule has 1 unspecified atom stereocenters. The molecule has 2 nitrogen and oxygen atoms in total. The largest absolute Gasteiger partial charge is 0.392 e. The van der Waals surface area contributed by atoms with E-state index in [0.717, 1.165) is 22.1 Å². The Kier molecular flexibility index (Phi) is 5.02. The third kappa shape index (κ3) is 3.59. The van der Waals surface area contributed by atoms with Gasteiger partial charge in [-0.1, -0.05) is 28.1 Å². The number of hydrogen-bond donors (Lipinski definition) is 1. The molecule has 0 aliphatic carbocycles. The Hall–Kier alpha value is -0.840. The van der Waals surface area contributed by atoms with Crippen LogP contribution in [0.3, 0.4) is 0 Å². The summed E-state index contributed by atoms with van der Waals surface area (Å²) >= 11 is 5.30. The molecule has 0 fully saturated rings. The quantitative estimate of drug-likeness (QED) is 0.887. The van der Waals surface area contributed by atoms with Gasteiger partial charge < -0.3 is 10.0 Å². The van der Waals surface area contributed by atoms with Crippen molar-refractivity contribution in [3.63, 3.8) is 0 Å². The number of hydrogen-bond acceptors (Lipinski definition) is 3. The number of aliphatic hydroxyl groups is 1. The molecule has 0 amide bonds. The first kappa shape index (κ1) is 14.6. The fraction of sp³-hybridized carbons (Fsp3) is 0.333. The number of nitrogens with zero attached hydrogens (tertiary/aromatic N) is 1. The second-order valence-corrected chi connectivity index (χ2v) is 6.56. The first-order valence-corrected chi connectivity index (χ1v) is 7.93. The summed E-state index contributed by atoms with van der Waals surface area (Å²) in [5.41, 5.74) is 2.08. The van der Waals surface area contributed by atoms with Gasteiger partial charge in [0.15, 0.2) is 0 Å². The molecule has 0 aliphatic rings. The highest BCUT2D eigenvalue weighted by atomic mass is 79.9. The number of likely N-dealkylation sites (N-methyl/N-ethyl adjacent to an activating group) is 1. The van der Waals surface area contributed by atoms with Gasteiger partial charge in [-0.25, -0.2) is 0 Å². The van der Waals surface area contributed by atoms with E-state index in [2.05, 4.69) is 64.4 Å². The standard InChI is InChI=1S/C15H18BrNOS/c1-11(8-14-4-3-7-19-14)17(2)13-6-5-12(10-18)15(16)9-13/h3-7,9,11,18H,8,10H2,1-2H3. The van der Waals surface area contributed by atoms with Gasteiger partial charge in [0.05, 0.1) is 6.61 Å². The van der Waals surface area contributed by atoms with Crippen molar-refractivity contribution >= 4 is 33.0 Å². The molecule has 2 rings (SSSR count). The van der Waals surface area contributed by atoms with Crippen LogP contribution in [0.1, 0.15) is 17.4 Å². The van der Waals surface area contributed by atoms with Crippen molar-refractivity contribution in [1.29, 1.82) is 0 Å². The number of anilines is 1. The van der Waals surface area contributed by atoms with Crippen LogP contribution in [0.5, 0.6) is 0 Å². The summed E-state index contributed by atoms with van der Waals surface area (Å²) in [5.74, 6) is 0. The smallest absolute Gasteiger partial charge is 0.0692 e. The summed E-state index contributed by atoms with van der Waals surface area (Å²) in [7, 11) is 2.11. The van der Waals surface area contributed by atoms with Gasteiger partial charge in [-0.2, -0.15) is 0 Å². The molecule has 0 bridgehead atoms. The lowest BCUT2D eigenvalue weighted by molar-refractivity contribution is 0.281. The maximum Gasteiger partial charge on any atom is 0.0692 e. The predicted octanol–water partition coefficient (Wildman–Crippen LogP) is 4.07. The maximum absolute atomic E-state index is 9.19. The van der Waals surface area contributed by atoms with Gasteiger partial charge in [-0.05, 0) is 36.1 Å². The van der Waals surface area contributed by atoms with E-state index >= 15 is 0 Å².